The molecule has 1 N–H and O–H groups in total. The van der Waals surface area contributed by atoms with Crippen LogP contribution in [0.5, 0.6) is 11.5 Å². The summed E-state index contributed by atoms with van der Waals surface area (Å²) in [5.74, 6) is 0.275. The smallest absolute Gasteiger partial charge is 0.273 e. The van der Waals surface area contributed by atoms with Crippen LogP contribution in [-0.4, -0.2) is 23.7 Å². The van der Waals surface area contributed by atoms with E-state index in [-0.39, 0.29) is 18.7 Å². The first kappa shape index (κ1) is 25.0. The highest BCUT2D eigenvalue weighted by atomic mass is 35.5. The fourth-order valence-electron chi connectivity index (χ4n) is 3.06. The predicted molar refractivity (Wildman–Crippen MR) is 131 cm³/mol. The number of rotatable bonds is 10. The summed E-state index contributed by atoms with van der Waals surface area (Å²) in [7, 11) is 0. The number of hydrogen-bond acceptors (Lipinski definition) is 6. The molecular formula is C24H21Cl2N3O5. The van der Waals surface area contributed by atoms with Gasteiger partial charge in [-0.2, -0.15) is 5.10 Å². The zero-order valence-electron chi connectivity index (χ0n) is 18.2. The van der Waals surface area contributed by atoms with Crippen LogP contribution in [0.3, 0.4) is 0 Å². The van der Waals surface area contributed by atoms with E-state index in [1.807, 2.05) is 25.1 Å². The van der Waals surface area contributed by atoms with Crippen molar-refractivity contribution in [3.8, 4) is 11.5 Å². The van der Waals surface area contributed by atoms with E-state index in [0.717, 1.165) is 5.56 Å². The van der Waals surface area contributed by atoms with Gasteiger partial charge in [0.15, 0.2) is 11.5 Å². The molecule has 3 aromatic rings. The van der Waals surface area contributed by atoms with Crippen LogP contribution in [0.1, 0.15) is 23.6 Å². The maximum atomic E-state index is 12.2. The van der Waals surface area contributed by atoms with Gasteiger partial charge < -0.3 is 9.47 Å². The third kappa shape index (κ3) is 6.69. The van der Waals surface area contributed by atoms with E-state index in [0.29, 0.717) is 39.3 Å². The number of benzene rings is 3. The zero-order valence-corrected chi connectivity index (χ0v) is 19.7. The van der Waals surface area contributed by atoms with Crippen LogP contribution in [0, 0.1) is 10.1 Å². The van der Waals surface area contributed by atoms with Crippen molar-refractivity contribution in [2.75, 3.05) is 6.61 Å². The van der Waals surface area contributed by atoms with Crippen molar-refractivity contribution in [2.45, 2.75) is 20.0 Å². The third-order valence-corrected chi connectivity index (χ3v) is 5.25. The highest BCUT2D eigenvalue weighted by molar-refractivity contribution is 6.32. The SMILES string of the molecule is CCOc1cc(/C=N/NC(=O)Cc2ccccc2[N+](=O)[O-])cc(Cl)c1OCc1ccccc1Cl. The van der Waals surface area contributed by atoms with Gasteiger partial charge in [-0.1, -0.05) is 59.6 Å². The van der Waals surface area contributed by atoms with Gasteiger partial charge in [-0.25, -0.2) is 5.43 Å². The van der Waals surface area contributed by atoms with Gasteiger partial charge >= 0.3 is 0 Å². The van der Waals surface area contributed by atoms with Crippen LogP contribution in [0.4, 0.5) is 5.69 Å². The Morgan fingerprint density at radius 3 is 2.47 bits per heavy atom. The average Bonchev–Trinajstić information content (AvgIpc) is 2.80. The minimum absolute atomic E-state index is 0.123. The third-order valence-electron chi connectivity index (χ3n) is 4.60. The van der Waals surface area contributed by atoms with Gasteiger partial charge in [-0.3, -0.25) is 14.9 Å². The number of hydrogen-bond donors (Lipinski definition) is 1. The average molecular weight is 502 g/mol. The summed E-state index contributed by atoms with van der Waals surface area (Å²) in [5, 5.41) is 15.9. The molecule has 0 aliphatic rings. The molecule has 0 unspecified atom stereocenters. The molecule has 8 nitrogen and oxygen atoms in total. The Kier molecular flexibility index (Phi) is 8.84. The minimum Gasteiger partial charge on any atom is -0.490 e. The standard InChI is InChI=1S/C24H21Cl2N3O5/c1-2-33-22-12-16(11-20(26)24(22)34-15-18-8-3-5-9-19(18)25)14-27-28-23(30)13-17-7-4-6-10-21(17)29(31)32/h3-12,14H,2,13,15H2,1H3,(H,28,30)/b27-14+. The second-order valence-electron chi connectivity index (χ2n) is 7.00. The summed E-state index contributed by atoms with van der Waals surface area (Å²) in [5.41, 5.74) is 3.89. The van der Waals surface area contributed by atoms with Crippen molar-refractivity contribution in [2.24, 2.45) is 5.10 Å². The Hall–Kier alpha value is -3.62. The number of para-hydroxylation sites is 1. The number of carbonyl (C=O) groups is 1. The van der Waals surface area contributed by atoms with Crippen LogP contribution in [0.2, 0.25) is 10.0 Å². The van der Waals surface area contributed by atoms with Crippen LogP contribution in [-0.2, 0) is 17.8 Å². The number of nitrogens with one attached hydrogen (secondary N) is 1. The second kappa shape index (κ2) is 12.0. The van der Waals surface area contributed by atoms with Crippen molar-refractivity contribution in [1.82, 2.24) is 5.43 Å². The summed E-state index contributed by atoms with van der Waals surface area (Å²) in [6, 6.07) is 16.6. The van der Waals surface area contributed by atoms with E-state index in [4.69, 9.17) is 32.7 Å². The van der Waals surface area contributed by atoms with Gasteiger partial charge in [0.25, 0.3) is 5.69 Å². The number of nitro groups is 1. The van der Waals surface area contributed by atoms with Crippen molar-refractivity contribution in [3.63, 3.8) is 0 Å². The largest absolute Gasteiger partial charge is 0.490 e. The van der Waals surface area contributed by atoms with Crippen molar-refractivity contribution in [1.29, 1.82) is 0 Å². The monoisotopic (exact) mass is 501 g/mol. The lowest BCUT2D eigenvalue weighted by Crippen LogP contribution is -2.20. The van der Waals surface area contributed by atoms with E-state index in [9.17, 15) is 14.9 Å². The van der Waals surface area contributed by atoms with Gasteiger partial charge in [0.2, 0.25) is 5.91 Å². The summed E-state index contributed by atoms with van der Waals surface area (Å²) in [6.07, 6.45) is 1.21. The molecular weight excluding hydrogens is 481 g/mol. The van der Waals surface area contributed by atoms with Gasteiger partial charge in [0.05, 0.1) is 29.2 Å². The molecule has 0 radical (unpaired) electrons. The molecule has 0 bridgehead atoms. The van der Waals surface area contributed by atoms with Gasteiger partial charge in [-0.15, -0.1) is 0 Å². The van der Waals surface area contributed by atoms with Crippen molar-refractivity contribution in [3.05, 3.63) is 97.5 Å². The first-order chi connectivity index (χ1) is 16.4. The summed E-state index contributed by atoms with van der Waals surface area (Å²) < 4.78 is 11.5. The molecule has 0 fully saturated rings. The number of hydrazone groups is 1. The molecule has 0 spiro atoms. The quantitative estimate of drug-likeness (QED) is 0.222. The van der Waals surface area contributed by atoms with E-state index in [1.54, 1.807) is 30.3 Å². The molecule has 10 heteroatoms. The fourth-order valence-corrected chi connectivity index (χ4v) is 3.52. The predicted octanol–water partition coefficient (Wildman–Crippen LogP) is 5.57. The molecule has 0 aromatic heterocycles. The van der Waals surface area contributed by atoms with E-state index in [2.05, 4.69) is 10.5 Å². The fraction of sp³-hybridized carbons (Fsp3) is 0.167. The molecule has 0 saturated carbocycles. The Bertz CT molecular complexity index is 1220. The topological polar surface area (TPSA) is 103 Å². The molecule has 3 rings (SSSR count). The van der Waals surface area contributed by atoms with Crippen LogP contribution < -0.4 is 14.9 Å². The van der Waals surface area contributed by atoms with Crippen molar-refractivity contribution >= 4 is 41.0 Å². The van der Waals surface area contributed by atoms with Gasteiger partial charge in [-0.05, 0) is 30.7 Å². The Labute approximate surface area is 206 Å². The molecule has 0 aliphatic carbocycles. The molecule has 0 atom stereocenters. The lowest BCUT2D eigenvalue weighted by molar-refractivity contribution is -0.385. The number of halogens is 2. The lowest BCUT2D eigenvalue weighted by atomic mass is 10.1. The van der Waals surface area contributed by atoms with Crippen LogP contribution >= 0.6 is 23.2 Å². The maximum absolute atomic E-state index is 12.2. The summed E-state index contributed by atoms with van der Waals surface area (Å²) in [4.78, 5) is 22.8. The van der Waals surface area contributed by atoms with Crippen LogP contribution in [0.25, 0.3) is 0 Å². The maximum Gasteiger partial charge on any atom is 0.273 e. The zero-order chi connectivity index (χ0) is 24.5. The summed E-state index contributed by atoms with van der Waals surface area (Å²) >= 11 is 12.6. The Balaban J connectivity index is 1.69. The number of ether oxygens (including phenoxy) is 2. The molecule has 34 heavy (non-hydrogen) atoms. The molecule has 0 heterocycles. The number of nitro benzene ring substituents is 1. The number of carbonyl (C=O) groups excluding carboxylic acids is 1. The lowest BCUT2D eigenvalue weighted by Gasteiger charge is -2.15. The Morgan fingerprint density at radius 1 is 1.06 bits per heavy atom. The van der Waals surface area contributed by atoms with E-state index in [1.165, 1.54) is 18.3 Å². The molecule has 3 aromatic carbocycles. The van der Waals surface area contributed by atoms with Crippen molar-refractivity contribution < 1.29 is 19.2 Å². The highest BCUT2D eigenvalue weighted by Gasteiger charge is 2.16. The van der Waals surface area contributed by atoms with Crippen LogP contribution in [0.15, 0.2) is 65.8 Å². The second-order valence-corrected chi connectivity index (χ2v) is 7.81. The Morgan fingerprint density at radius 2 is 1.76 bits per heavy atom. The summed E-state index contributed by atoms with van der Waals surface area (Å²) in [6.45, 7) is 2.41. The number of amides is 1. The first-order valence-electron chi connectivity index (χ1n) is 10.3. The highest BCUT2D eigenvalue weighted by Crippen LogP contribution is 2.37. The minimum atomic E-state index is -0.529. The number of nitrogens with zero attached hydrogens (tertiary/aromatic N) is 2. The molecule has 176 valence electrons. The van der Waals surface area contributed by atoms with E-state index < -0.39 is 10.8 Å². The first-order valence-corrected chi connectivity index (χ1v) is 11.0. The molecule has 0 aliphatic heterocycles. The normalized spacial score (nSPS) is 10.8. The van der Waals surface area contributed by atoms with Gasteiger partial charge in [0, 0.05) is 22.2 Å². The molecule has 1 amide bonds. The van der Waals surface area contributed by atoms with Gasteiger partial charge in [0.1, 0.15) is 6.61 Å². The van der Waals surface area contributed by atoms with E-state index >= 15 is 0 Å². The molecule has 0 saturated heterocycles.